The Morgan fingerprint density at radius 3 is 3.24 bits per heavy atom. The number of H-pyrrole nitrogens is 1. The number of thiazole rings is 1. The van der Waals surface area contributed by atoms with E-state index in [0.29, 0.717) is 5.89 Å². The summed E-state index contributed by atoms with van der Waals surface area (Å²) in [5.41, 5.74) is 0. The van der Waals surface area contributed by atoms with Crippen molar-refractivity contribution in [3.63, 3.8) is 0 Å². The van der Waals surface area contributed by atoms with Crippen LogP contribution in [0.5, 0.6) is 0 Å². The summed E-state index contributed by atoms with van der Waals surface area (Å²) in [6, 6.07) is 0. The Kier molecular flexibility index (Phi) is 2.68. The minimum absolute atomic E-state index is 0.173. The van der Waals surface area contributed by atoms with Crippen LogP contribution in [0.4, 0.5) is 5.13 Å². The lowest BCUT2D eigenvalue weighted by atomic mass is 9.98. The highest BCUT2D eigenvalue weighted by Gasteiger charge is 2.26. The molecule has 2 aromatic rings. The predicted octanol–water partition coefficient (Wildman–Crippen LogP) is 1.20. The van der Waals surface area contributed by atoms with Crippen molar-refractivity contribution in [3.8, 4) is 0 Å². The lowest BCUT2D eigenvalue weighted by molar-refractivity contribution is 0.385. The van der Waals surface area contributed by atoms with Gasteiger partial charge in [0, 0.05) is 24.7 Å². The van der Waals surface area contributed by atoms with Gasteiger partial charge in [-0.15, -0.1) is 16.4 Å². The highest BCUT2D eigenvalue weighted by molar-refractivity contribution is 7.13. The molecule has 6 nitrogen and oxygen atoms in total. The molecule has 17 heavy (non-hydrogen) atoms. The average Bonchev–Trinajstić information content (AvgIpc) is 3.00. The normalized spacial score (nSPS) is 20.7. The Balaban J connectivity index is 1.78. The SMILES string of the molecule is O=c1[nH]nc(C2CCCN(c3nccs3)C2)o1. The highest BCUT2D eigenvalue weighted by atomic mass is 32.1. The molecule has 0 amide bonds. The van der Waals surface area contributed by atoms with E-state index < -0.39 is 5.76 Å². The maximum absolute atomic E-state index is 10.9. The summed E-state index contributed by atoms with van der Waals surface area (Å²) in [5, 5.41) is 9.21. The van der Waals surface area contributed by atoms with Crippen LogP contribution < -0.4 is 10.7 Å². The summed E-state index contributed by atoms with van der Waals surface area (Å²) in [6.07, 6.45) is 3.86. The Labute approximate surface area is 101 Å². The molecule has 0 bridgehead atoms. The van der Waals surface area contributed by atoms with Crippen LogP contribution in [0.15, 0.2) is 20.8 Å². The first kappa shape index (κ1) is 10.5. The van der Waals surface area contributed by atoms with E-state index in [2.05, 4.69) is 20.1 Å². The predicted molar refractivity (Wildman–Crippen MR) is 63.4 cm³/mol. The summed E-state index contributed by atoms with van der Waals surface area (Å²) in [4.78, 5) is 17.4. The van der Waals surface area contributed by atoms with Gasteiger partial charge in [-0.25, -0.2) is 14.9 Å². The van der Waals surface area contributed by atoms with Crippen molar-refractivity contribution in [2.45, 2.75) is 18.8 Å². The van der Waals surface area contributed by atoms with Gasteiger partial charge in [-0.3, -0.25) is 0 Å². The molecule has 3 rings (SSSR count). The molecule has 1 unspecified atom stereocenters. The van der Waals surface area contributed by atoms with E-state index in [1.165, 1.54) is 0 Å². The first-order valence-corrected chi connectivity index (χ1v) is 6.41. The molecule has 7 heteroatoms. The van der Waals surface area contributed by atoms with Gasteiger partial charge in [-0.2, -0.15) is 0 Å². The van der Waals surface area contributed by atoms with E-state index in [9.17, 15) is 4.79 Å². The van der Waals surface area contributed by atoms with E-state index >= 15 is 0 Å². The number of aromatic nitrogens is 3. The van der Waals surface area contributed by atoms with Crippen molar-refractivity contribution < 1.29 is 4.42 Å². The molecular weight excluding hydrogens is 240 g/mol. The molecule has 0 radical (unpaired) electrons. The van der Waals surface area contributed by atoms with Crippen LogP contribution in [-0.2, 0) is 0 Å². The van der Waals surface area contributed by atoms with Gasteiger partial charge < -0.3 is 9.32 Å². The third kappa shape index (κ3) is 2.10. The zero-order chi connectivity index (χ0) is 11.7. The number of hydrogen-bond acceptors (Lipinski definition) is 6. The van der Waals surface area contributed by atoms with Gasteiger partial charge in [0.15, 0.2) is 5.13 Å². The van der Waals surface area contributed by atoms with Gasteiger partial charge in [0.25, 0.3) is 0 Å². The molecule has 0 aromatic carbocycles. The summed E-state index contributed by atoms with van der Waals surface area (Å²) < 4.78 is 5.02. The maximum Gasteiger partial charge on any atom is 0.434 e. The Hall–Kier alpha value is -1.63. The molecule has 1 fully saturated rings. The first-order valence-electron chi connectivity index (χ1n) is 5.53. The van der Waals surface area contributed by atoms with Crippen molar-refractivity contribution in [2.24, 2.45) is 0 Å². The van der Waals surface area contributed by atoms with Crippen LogP contribution in [0.2, 0.25) is 0 Å². The largest absolute Gasteiger partial charge is 0.434 e. The zero-order valence-electron chi connectivity index (χ0n) is 9.13. The second-order valence-electron chi connectivity index (χ2n) is 4.05. The zero-order valence-corrected chi connectivity index (χ0v) is 9.94. The monoisotopic (exact) mass is 252 g/mol. The fraction of sp³-hybridized carbons (Fsp3) is 0.500. The fourth-order valence-corrected chi connectivity index (χ4v) is 2.82. The molecule has 0 aliphatic carbocycles. The number of nitrogens with one attached hydrogen (secondary N) is 1. The molecule has 0 saturated carbocycles. The topological polar surface area (TPSA) is 75.0 Å². The summed E-state index contributed by atoms with van der Waals surface area (Å²) >= 11 is 1.63. The van der Waals surface area contributed by atoms with Crippen molar-refractivity contribution >= 4 is 16.5 Å². The standard InChI is InChI=1S/C10H12N4O2S/c15-10-13-12-8(16-10)7-2-1-4-14(6-7)9-11-3-5-17-9/h3,5,7H,1-2,4,6H2,(H,13,15). The Morgan fingerprint density at radius 2 is 2.53 bits per heavy atom. The average molecular weight is 252 g/mol. The number of piperidine rings is 1. The molecule has 0 spiro atoms. The van der Waals surface area contributed by atoms with E-state index in [1.807, 2.05) is 5.38 Å². The third-order valence-corrected chi connectivity index (χ3v) is 3.75. The number of aromatic amines is 1. The smallest absolute Gasteiger partial charge is 0.392 e. The summed E-state index contributed by atoms with van der Waals surface area (Å²) in [6.45, 7) is 1.81. The molecule has 1 N–H and O–H groups in total. The summed E-state index contributed by atoms with van der Waals surface area (Å²) in [5.74, 6) is 0.203. The Morgan fingerprint density at radius 1 is 1.59 bits per heavy atom. The lowest BCUT2D eigenvalue weighted by Crippen LogP contribution is -2.34. The van der Waals surface area contributed by atoms with Crippen molar-refractivity contribution in [3.05, 3.63) is 28.0 Å². The number of hydrogen-bond donors (Lipinski definition) is 1. The van der Waals surface area contributed by atoms with Crippen LogP contribution >= 0.6 is 11.3 Å². The van der Waals surface area contributed by atoms with E-state index in [4.69, 9.17) is 4.42 Å². The number of anilines is 1. The first-order chi connectivity index (χ1) is 8.33. The van der Waals surface area contributed by atoms with E-state index in [0.717, 1.165) is 31.1 Å². The van der Waals surface area contributed by atoms with E-state index in [1.54, 1.807) is 17.5 Å². The lowest BCUT2D eigenvalue weighted by Gasteiger charge is -2.30. The van der Waals surface area contributed by atoms with Gasteiger partial charge in [-0.1, -0.05) is 0 Å². The van der Waals surface area contributed by atoms with E-state index in [-0.39, 0.29) is 5.92 Å². The second-order valence-corrected chi connectivity index (χ2v) is 4.92. The maximum atomic E-state index is 10.9. The molecule has 1 saturated heterocycles. The molecule has 3 heterocycles. The molecule has 90 valence electrons. The number of nitrogens with zero attached hydrogens (tertiary/aromatic N) is 3. The van der Waals surface area contributed by atoms with Gasteiger partial charge >= 0.3 is 5.76 Å². The fourth-order valence-electron chi connectivity index (χ4n) is 2.14. The van der Waals surface area contributed by atoms with Gasteiger partial charge in [0.2, 0.25) is 5.89 Å². The van der Waals surface area contributed by atoms with Crippen LogP contribution in [0.1, 0.15) is 24.7 Å². The van der Waals surface area contributed by atoms with Crippen molar-refractivity contribution in [1.29, 1.82) is 0 Å². The minimum Gasteiger partial charge on any atom is -0.392 e. The molecule has 1 aliphatic rings. The van der Waals surface area contributed by atoms with Gasteiger partial charge in [0.1, 0.15) is 0 Å². The number of rotatable bonds is 2. The molecule has 1 aliphatic heterocycles. The third-order valence-electron chi connectivity index (χ3n) is 2.92. The quantitative estimate of drug-likeness (QED) is 0.869. The van der Waals surface area contributed by atoms with Crippen molar-refractivity contribution in [1.82, 2.24) is 15.2 Å². The highest BCUT2D eigenvalue weighted by Crippen LogP contribution is 2.29. The summed E-state index contributed by atoms with van der Waals surface area (Å²) in [7, 11) is 0. The van der Waals surface area contributed by atoms with Crippen LogP contribution in [0.3, 0.4) is 0 Å². The molecular formula is C10H12N4O2S. The van der Waals surface area contributed by atoms with Gasteiger partial charge in [-0.05, 0) is 12.8 Å². The van der Waals surface area contributed by atoms with Crippen molar-refractivity contribution in [2.75, 3.05) is 18.0 Å². The second kappa shape index (κ2) is 4.33. The molecule has 1 atom stereocenters. The van der Waals surface area contributed by atoms with Crippen LogP contribution in [0.25, 0.3) is 0 Å². The minimum atomic E-state index is -0.480. The van der Waals surface area contributed by atoms with Gasteiger partial charge in [0.05, 0.1) is 5.92 Å². The van der Waals surface area contributed by atoms with Crippen LogP contribution in [-0.4, -0.2) is 28.3 Å². The Bertz CT molecular complexity index is 533. The van der Waals surface area contributed by atoms with Crippen LogP contribution in [0, 0.1) is 0 Å². The molecule has 2 aromatic heterocycles.